The number of hydrogen-bond donors (Lipinski definition) is 2. The Morgan fingerprint density at radius 3 is 2.91 bits per heavy atom. The molecule has 0 unspecified atom stereocenters. The van der Waals surface area contributed by atoms with Gasteiger partial charge < -0.3 is 15.3 Å². The smallest absolute Gasteiger partial charge is 0.335 e. The molecule has 0 saturated carbocycles. The molecule has 116 valence electrons. The molecule has 0 aliphatic carbocycles. The number of hydrogen-bond acceptors (Lipinski definition) is 5. The highest BCUT2D eigenvalue weighted by Crippen LogP contribution is 2.17. The predicted molar refractivity (Wildman–Crippen MR) is 86.9 cm³/mol. The third kappa shape index (κ3) is 4.18. The number of carboxylic acids is 1. The molecule has 0 radical (unpaired) electrons. The summed E-state index contributed by atoms with van der Waals surface area (Å²) in [6.45, 7) is 3.04. The highest BCUT2D eigenvalue weighted by molar-refractivity contribution is 5.89. The molecule has 22 heavy (non-hydrogen) atoms. The monoisotopic (exact) mass is 300 g/mol. The summed E-state index contributed by atoms with van der Waals surface area (Å²) in [5, 5.41) is 12.1. The number of unbranched alkanes of at least 4 members (excludes halogenated alkanes) is 1. The molecule has 0 fully saturated rings. The molecule has 0 atom stereocenters. The number of aromatic carboxylic acids is 1. The van der Waals surface area contributed by atoms with E-state index in [9.17, 15) is 4.79 Å². The van der Waals surface area contributed by atoms with Gasteiger partial charge in [0.1, 0.15) is 5.82 Å². The van der Waals surface area contributed by atoms with Gasteiger partial charge in [0.25, 0.3) is 0 Å². The van der Waals surface area contributed by atoms with Crippen molar-refractivity contribution in [2.24, 2.45) is 0 Å². The highest BCUT2D eigenvalue weighted by atomic mass is 16.4. The largest absolute Gasteiger partial charge is 0.478 e. The van der Waals surface area contributed by atoms with Crippen LogP contribution < -0.4 is 10.2 Å². The second-order valence-electron chi connectivity index (χ2n) is 5.03. The third-order valence-electron chi connectivity index (χ3n) is 3.21. The zero-order valence-electron chi connectivity index (χ0n) is 12.8. The number of carbonyl (C=O) groups is 1. The summed E-state index contributed by atoms with van der Waals surface area (Å²) >= 11 is 0. The Hall–Kier alpha value is -2.63. The number of nitrogens with one attached hydrogen (secondary N) is 1. The maximum Gasteiger partial charge on any atom is 0.335 e. The van der Waals surface area contributed by atoms with E-state index in [1.54, 1.807) is 36.5 Å². The Morgan fingerprint density at radius 2 is 2.18 bits per heavy atom. The van der Waals surface area contributed by atoms with Crippen LogP contribution in [0.25, 0.3) is 0 Å². The van der Waals surface area contributed by atoms with Crippen LogP contribution in [0.15, 0.2) is 36.5 Å². The Labute approximate surface area is 129 Å². The van der Waals surface area contributed by atoms with E-state index in [4.69, 9.17) is 5.11 Å². The molecule has 0 spiro atoms. The average Bonchev–Trinajstić information content (AvgIpc) is 2.53. The third-order valence-corrected chi connectivity index (χ3v) is 3.21. The lowest BCUT2D eigenvalue weighted by molar-refractivity contribution is 0.0697. The van der Waals surface area contributed by atoms with E-state index in [1.807, 2.05) is 11.9 Å². The maximum atomic E-state index is 11.0. The molecule has 2 N–H and O–H groups in total. The molecular weight excluding hydrogens is 280 g/mol. The first-order chi connectivity index (χ1) is 10.6. The van der Waals surface area contributed by atoms with Gasteiger partial charge in [-0.2, -0.15) is 4.98 Å². The minimum Gasteiger partial charge on any atom is -0.478 e. The van der Waals surface area contributed by atoms with Crippen molar-refractivity contribution in [3.8, 4) is 0 Å². The lowest BCUT2D eigenvalue weighted by atomic mass is 10.2. The van der Waals surface area contributed by atoms with Crippen molar-refractivity contribution in [1.82, 2.24) is 9.97 Å². The maximum absolute atomic E-state index is 11.0. The van der Waals surface area contributed by atoms with Gasteiger partial charge in [-0.15, -0.1) is 0 Å². The van der Waals surface area contributed by atoms with Crippen LogP contribution in [-0.2, 0) is 0 Å². The van der Waals surface area contributed by atoms with Crippen LogP contribution in [0, 0.1) is 0 Å². The van der Waals surface area contributed by atoms with Crippen molar-refractivity contribution < 1.29 is 9.90 Å². The van der Waals surface area contributed by atoms with E-state index in [-0.39, 0.29) is 5.56 Å². The minimum absolute atomic E-state index is 0.236. The molecule has 0 bridgehead atoms. The van der Waals surface area contributed by atoms with Gasteiger partial charge in [0.2, 0.25) is 5.95 Å². The molecule has 0 saturated heterocycles. The molecule has 0 aliphatic rings. The molecule has 2 rings (SSSR count). The minimum atomic E-state index is -0.952. The van der Waals surface area contributed by atoms with E-state index >= 15 is 0 Å². The summed E-state index contributed by atoms with van der Waals surface area (Å²) in [4.78, 5) is 21.7. The number of benzene rings is 1. The normalized spacial score (nSPS) is 10.3. The quantitative estimate of drug-likeness (QED) is 0.818. The van der Waals surface area contributed by atoms with Crippen molar-refractivity contribution >= 4 is 23.4 Å². The Balaban J connectivity index is 2.13. The number of aromatic nitrogens is 2. The fourth-order valence-corrected chi connectivity index (χ4v) is 1.98. The predicted octanol–water partition coefficient (Wildman–Crippen LogP) is 3.15. The lowest BCUT2D eigenvalue weighted by Gasteiger charge is -2.17. The first-order valence-corrected chi connectivity index (χ1v) is 7.24. The van der Waals surface area contributed by atoms with Crippen molar-refractivity contribution in [2.75, 3.05) is 23.8 Å². The standard InChI is InChI=1S/C16H20N4O2/c1-3-4-10-20(2)16-17-9-8-14(19-16)18-13-7-5-6-12(11-13)15(21)22/h5-9,11H,3-4,10H2,1-2H3,(H,21,22)(H,17,18,19). The van der Waals surface area contributed by atoms with Gasteiger partial charge in [-0.1, -0.05) is 19.4 Å². The van der Waals surface area contributed by atoms with Gasteiger partial charge in [-0.05, 0) is 30.7 Å². The number of nitrogens with zero attached hydrogens (tertiary/aromatic N) is 3. The van der Waals surface area contributed by atoms with Crippen LogP contribution in [0.2, 0.25) is 0 Å². The van der Waals surface area contributed by atoms with Crippen molar-refractivity contribution in [3.63, 3.8) is 0 Å². The van der Waals surface area contributed by atoms with Crippen LogP contribution in [0.5, 0.6) is 0 Å². The summed E-state index contributed by atoms with van der Waals surface area (Å²) in [7, 11) is 1.96. The van der Waals surface area contributed by atoms with Crippen molar-refractivity contribution in [2.45, 2.75) is 19.8 Å². The summed E-state index contributed by atoms with van der Waals surface area (Å²) in [6, 6.07) is 8.38. The average molecular weight is 300 g/mol. The fraction of sp³-hybridized carbons (Fsp3) is 0.312. The van der Waals surface area contributed by atoms with Crippen LogP contribution in [0.4, 0.5) is 17.5 Å². The molecule has 1 heterocycles. The number of rotatable bonds is 7. The zero-order chi connectivity index (χ0) is 15.9. The highest BCUT2D eigenvalue weighted by Gasteiger charge is 2.07. The van der Waals surface area contributed by atoms with Crippen LogP contribution >= 0.6 is 0 Å². The van der Waals surface area contributed by atoms with Crippen molar-refractivity contribution in [1.29, 1.82) is 0 Å². The van der Waals surface area contributed by atoms with Gasteiger partial charge in [-0.25, -0.2) is 9.78 Å². The van der Waals surface area contributed by atoms with E-state index in [0.717, 1.165) is 19.4 Å². The molecule has 6 nitrogen and oxygen atoms in total. The summed E-state index contributed by atoms with van der Waals surface area (Å²) in [6.07, 6.45) is 3.89. The van der Waals surface area contributed by atoms with E-state index < -0.39 is 5.97 Å². The van der Waals surface area contributed by atoms with Gasteiger partial charge in [-0.3, -0.25) is 0 Å². The molecule has 6 heteroatoms. The van der Waals surface area contributed by atoms with Gasteiger partial charge >= 0.3 is 5.97 Å². The number of carboxylic acid groups (broad SMARTS) is 1. The molecule has 1 aromatic heterocycles. The Morgan fingerprint density at radius 1 is 1.36 bits per heavy atom. The Kier molecular flexibility index (Phi) is 5.30. The van der Waals surface area contributed by atoms with Crippen molar-refractivity contribution in [3.05, 3.63) is 42.1 Å². The summed E-state index contributed by atoms with van der Waals surface area (Å²) < 4.78 is 0. The lowest BCUT2D eigenvalue weighted by Crippen LogP contribution is -2.21. The fourth-order valence-electron chi connectivity index (χ4n) is 1.98. The molecule has 1 aromatic carbocycles. The first kappa shape index (κ1) is 15.8. The summed E-state index contributed by atoms with van der Waals surface area (Å²) in [5.41, 5.74) is 0.917. The van der Waals surface area contributed by atoms with E-state index in [1.165, 1.54) is 0 Å². The second kappa shape index (κ2) is 7.40. The molecular formula is C16H20N4O2. The molecule has 2 aromatic rings. The second-order valence-corrected chi connectivity index (χ2v) is 5.03. The summed E-state index contributed by atoms with van der Waals surface area (Å²) in [5.74, 6) is 0.329. The van der Waals surface area contributed by atoms with Crippen LogP contribution in [0.3, 0.4) is 0 Å². The number of anilines is 3. The SMILES string of the molecule is CCCCN(C)c1nccc(Nc2cccc(C(=O)O)c2)n1. The zero-order valence-corrected chi connectivity index (χ0v) is 12.8. The van der Waals surface area contributed by atoms with Gasteiger partial charge in [0.15, 0.2) is 0 Å². The van der Waals surface area contributed by atoms with E-state index in [2.05, 4.69) is 22.2 Å². The Bertz CT molecular complexity index is 646. The van der Waals surface area contributed by atoms with Gasteiger partial charge in [0.05, 0.1) is 5.56 Å². The first-order valence-electron chi connectivity index (χ1n) is 7.24. The van der Waals surface area contributed by atoms with Crippen LogP contribution in [-0.4, -0.2) is 34.6 Å². The molecule has 0 aliphatic heterocycles. The molecule has 0 amide bonds. The van der Waals surface area contributed by atoms with Crippen LogP contribution in [0.1, 0.15) is 30.1 Å². The van der Waals surface area contributed by atoms with E-state index in [0.29, 0.717) is 17.5 Å². The van der Waals surface area contributed by atoms with Gasteiger partial charge in [0, 0.05) is 25.5 Å². The topological polar surface area (TPSA) is 78.4 Å².